The van der Waals surface area contributed by atoms with Crippen molar-refractivity contribution in [1.82, 2.24) is 9.55 Å². The van der Waals surface area contributed by atoms with Crippen molar-refractivity contribution in [2.45, 2.75) is 0 Å². The molecule has 0 amide bonds. The molecule has 0 spiro atoms. The molecule has 5 heteroatoms. The third kappa shape index (κ3) is 2.51. The minimum Gasteiger partial charge on any atom is -0.435 e. The van der Waals surface area contributed by atoms with Gasteiger partial charge in [0.1, 0.15) is 0 Å². The molecule has 27 heavy (non-hydrogen) atoms. The molecule has 3 nitrogen and oxygen atoms in total. The Kier molecular flexibility index (Phi) is 3.67. The van der Waals surface area contributed by atoms with E-state index in [-0.39, 0.29) is 0 Å². The van der Waals surface area contributed by atoms with E-state index in [0.717, 1.165) is 48.9 Å². The van der Waals surface area contributed by atoms with Gasteiger partial charge in [0.15, 0.2) is 11.2 Å². The normalized spacial score (nSPS) is 13.4. The van der Waals surface area contributed by atoms with Crippen LogP contribution in [0.15, 0.2) is 70.7 Å². The molecule has 0 radical (unpaired) electrons. The molecule has 0 atom stereocenters. The molecule has 0 fully saturated rings. The van der Waals surface area contributed by atoms with Gasteiger partial charge in [-0.25, -0.2) is 0 Å². The van der Waals surface area contributed by atoms with E-state index >= 15 is 0 Å². The molecule has 2 aromatic heterocycles. The Morgan fingerprint density at radius 2 is 1.56 bits per heavy atom. The number of oxazole rings is 1. The average molecular weight is 387 g/mol. The fourth-order valence-electron chi connectivity index (χ4n) is 3.48. The maximum absolute atomic E-state index is 5.98. The lowest BCUT2D eigenvalue weighted by Crippen LogP contribution is -1.98. The molecule has 1 aliphatic rings. The second-order valence-electron chi connectivity index (χ2n) is 6.46. The average Bonchev–Trinajstić information content (AvgIpc) is 3.31. The van der Waals surface area contributed by atoms with Gasteiger partial charge in [0.25, 0.3) is 0 Å². The van der Waals surface area contributed by atoms with Gasteiger partial charge in [0.05, 0.1) is 15.4 Å². The lowest BCUT2D eigenvalue weighted by Gasteiger charge is -2.02. The summed E-state index contributed by atoms with van der Waals surface area (Å²) >= 11 is 11.2. The van der Waals surface area contributed by atoms with E-state index in [4.69, 9.17) is 28.9 Å². The van der Waals surface area contributed by atoms with E-state index in [2.05, 4.69) is 17.1 Å². The van der Waals surface area contributed by atoms with E-state index in [0.29, 0.717) is 5.89 Å². The summed E-state index contributed by atoms with van der Waals surface area (Å²) in [6.45, 7) is 0. The van der Waals surface area contributed by atoms with E-state index in [1.165, 1.54) is 0 Å². The van der Waals surface area contributed by atoms with Crippen molar-refractivity contribution in [3.05, 3.63) is 83.3 Å². The number of rotatable bonds is 2. The third-order valence-electron chi connectivity index (χ3n) is 4.84. The molecule has 1 aliphatic carbocycles. The molecule has 0 N–H and O–H groups in total. The summed E-state index contributed by atoms with van der Waals surface area (Å²) in [7, 11) is 1.99. The van der Waals surface area contributed by atoms with Gasteiger partial charge in [-0.2, -0.15) is 4.98 Å². The van der Waals surface area contributed by atoms with Crippen molar-refractivity contribution in [3.63, 3.8) is 0 Å². The number of fused-ring (bicyclic) bond motifs is 2. The molecule has 130 valence electrons. The summed E-state index contributed by atoms with van der Waals surface area (Å²) < 4.78 is 8.02. The number of thiocarbonyl (C=S) groups is 2. The fraction of sp³-hybridized carbons (Fsp3) is 0.0455. The van der Waals surface area contributed by atoms with Crippen LogP contribution in [-0.2, 0) is 7.05 Å². The first-order valence-electron chi connectivity index (χ1n) is 8.55. The highest BCUT2D eigenvalue weighted by atomic mass is 32.1. The smallest absolute Gasteiger partial charge is 0.222 e. The van der Waals surface area contributed by atoms with Gasteiger partial charge in [-0.15, -0.1) is 0 Å². The summed E-state index contributed by atoms with van der Waals surface area (Å²) in [5.41, 5.74) is 6.58. The van der Waals surface area contributed by atoms with Crippen LogP contribution in [0.3, 0.4) is 0 Å². The Morgan fingerprint density at radius 1 is 0.926 bits per heavy atom. The Hall–Kier alpha value is -2.89. The molecule has 2 aromatic carbocycles. The number of hydrogen-bond acceptors (Lipinski definition) is 4. The number of aromatic nitrogens is 2. The Morgan fingerprint density at radius 3 is 2.19 bits per heavy atom. The minimum absolute atomic E-state index is 0.516. The van der Waals surface area contributed by atoms with Crippen LogP contribution in [0.25, 0.3) is 28.6 Å². The van der Waals surface area contributed by atoms with Crippen LogP contribution in [0.4, 0.5) is 0 Å². The van der Waals surface area contributed by atoms with Gasteiger partial charge in [0.2, 0.25) is 5.89 Å². The van der Waals surface area contributed by atoms with Gasteiger partial charge >= 0.3 is 0 Å². The van der Waals surface area contributed by atoms with Crippen molar-refractivity contribution in [2.24, 2.45) is 7.05 Å². The molecule has 0 saturated heterocycles. The molecule has 5 rings (SSSR count). The number of benzene rings is 2. The maximum Gasteiger partial charge on any atom is 0.222 e. The van der Waals surface area contributed by atoms with Crippen LogP contribution in [0.1, 0.15) is 17.0 Å². The highest BCUT2D eigenvalue weighted by Gasteiger charge is 2.27. The minimum atomic E-state index is 0.516. The predicted octanol–water partition coefficient (Wildman–Crippen LogP) is 5.37. The molecule has 4 aromatic rings. The van der Waals surface area contributed by atoms with Gasteiger partial charge in [0, 0.05) is 35.9 Å². The summed E-state index contributed by atoms with van der Waals surface area (Å²) in [4.78, 5) is 6.16. The zero-order valence-corrected chi connectivity index (χ0v) is 16.1. The molecule has 0 unspecified atom stereocenters. The summed E-state index contributed by atoms with van der Waals surface area (Å²) in [5.74, 6) is 0.516. The first kappa shape index (κ1) is 16.3. The maximum atomic E-state index is 5.98. The zero-order valence-electron chi connectivity index (χ0n) is 14.5. The van der Waals surface area contributed by atoms with Crippen LogP contribution in [-0.4, -0.2) is 19.3 Å². The number of hydrogen-bond donors (Lipinski definition) is 0. The predicted molar refractivity (Wildman–Crippen MR) is 116 cm³/mol. The van der Waals surface area contributed by atoms with E-state index in [1.54, 1.807) is 0 Å². The summed E-state index contributed by atoms with van der Waals surface area (Å²) in [6.07, 6.45) is 1.85. The standard InChI is InChI=1S/C22H14N2OS2/c1-24-17(13-7-3-2-4-8-13)12-18-22(24)23-19(25-18)11-16-20(26)14-9-5-6-10-15(14)21(16)27/h2-12H,1H3. The second-order valence-corrected chi connectivity index (χ2v) is 7.27. The SMILES string of the molecule is Cn1c(-c2ccccc2)cc2oc(C=C3C(=S)c4ccccc4C3=S)nc21. The van der Waals surface area contributed by atoms with Crippen molar-refractivity contribution >= 4 is 51.5 Å². The second kappa shape index (κ2) is 6.08. The monoisotopic (exact) mass is 386 g/mol. The molecule has 0 bridgehead atoms. The molecular formula is C22H14N2OS2. The van der Waals surface area contributed by atoms with E-state index in [9.17, 15) is 0 Å². The summed E-state index contributed by atoms with van der Waals surface area (Å²) in [5, 5.41) is 0. The van der Waals surface area contributed by atoms with Crippen LogP contribution < -0.4 is 0 Å². The Labute approximate surface area is 167 Å². The van der Waals surface area contributed by atoms with E-state index < -0.39 is 0 Å². The van der Waals surface area contributed by atoms with Crippen molar-refractivity contribution in [3.8, 4) is 11.3 Å². The third-order valence-corrected chi connectivity index (χ3v) is 5.72. The number of nitrogens with zero attached hydrogens (tertiary/aromatic N) is 2. The molecule has 0 aliphatic heterocycles. The topological polar surface area (TPSA) is 31.0 Å². The first-order valence-corrected chi connectivity index (χ1v) is 9.37. The van der Waals surface area contributed by atoms with Gasteiger partial charge in [-0.1, -0.05) is 79.0 Å². The largest absolute Gasteiger partial charge is 0.435 e. The first-order chi connectivity index (χ1) is 13.1. The molecule has 0 saturated carbocycles. The van der Waals surface area contributed by atoms with Crippen molar-refractivity contribution in [1.29, 1.82) is 0 Å². The quantitative estimate of drug-likeness (QED) is 0.342. The summed E-state index contributed by atoms with van der Waals surface area (Å²) in [6, 6.07) is 20.2. The van der Waals surface area contributed by atoms with E-state index in [1.807, 2.05) is 66.2 Å². The number of aryl methyl sites for hydroxylation is 1. The van der Waals surface area contributed by atoms with Crippen LogP contribution in [0.2, 0.25) is 0 Å². The fourth-order valence-corrected chi connectivity index (χ4v) is 4.23. The lowest BCUT2D eigenvalue weighted by molar-refractivity contribution is 0.589. The van der Waals surface area contributed by atoms with Crippen molar-refractivity contribution < 1.29 is 4.42 Å². The highest BCUT2D eigenvalue weighted by Crippen LogP contribution is 2.31. The van der Waals surface area contributed by atoms with Crippen LogP contribution in [0, 0.1) is 0 Å². The molecule has 2 heterocycles. The lowest BCUT2D eigenvalue weighted by atomic mass is 10.1. The van der Waals surface area contributed by atoms with Crippen LogP contribution in [0.5, 0.6) is 0 Å². The molecular weight excluding hydrogens is 372 g/mol. The highest BCUT2D eigenvalue weighted by molar-refractivity contribution is 7.84. The Bertz CT molecular complexity index is 1230. The van der Waals surface area contributed by atoms with Gasteiger partial charge < -0.3 is 8.98 Å². The zero-order chi connectivity index (χ0) is 18.5. The van der Waals surface area contributed by atoms with Gasteiger partial charge in [-0.3, -0.25) is 0 Å². The Balaban J connectivity index is 1.57. The number of allylic oxidation sites excluding steroid dienone is 1. The van der Waals surface area contributed by atoms with Gasteiger partial charge in [-0.05, 0) is 5.56 Å². The van der Waals surface area contributed by atoms with Crippen molar-refractivity contribution in [2.75, 3.05) is 0 Å². The van der Waals surface area contributed by atoms with Crippen LogP contribution >= 0.6 is 24.4 Å².